The van der Waals surface area contributed by atoms with Gasteiger partial charge in [-0.25, -0.2) is 5.43 Å². The topological polar surface area (TPSA) is 94.0 Å². The van der Waals surface area contributed by atoms with Gasteiger partial charge in [-0.05, 0) is 46.4 Å². The SMILES string of the molecule is CC(NNC(=O)c1ccccc1Br)C(=O)Nc1sccc1C#N. The molecule has 1 aromatic carbocycles. The van der Waals surface area contributed by atoms with E-state index in [-0.39, 0.29) is 11.8 Å². The Morgan fingerprint density at radius 3 is 2.74 bits per heavy atom. The first-order chi connectivity index (χ1) is 11.0. The van der Waals surface area contributed by atoms with E-state index in [1.165, 1.54) is 11.3 Å². The number of amides is 2. The molecule has 0 aliphatic heterocycles. The van der Waals surface area contributed by atoms with Crippen LogP contribution in [-0.4, -0.2) is 17.9 Å². The maximum Gasteiger partial charge on any atom is 0.266 e. The number of benzene rings is 1. The third-order valence-electron chi connectivity index (χ3n) is 2.94. The Hall–Kier alpha value is -2.21. The summed E-state index contributed by atoms with van der Waals surface area (Å²) in [6, 6.07) is 9.93. The first-order valence-corrected chi connectivity index (χ1v) is 8.29. The number of carbonyl (C=O) groups excluding carboxylic acids is 2. The Balaban J connectivity index is 1.91. The van der Waals surface area contributed by atoms with E-state index >= 15 is 0 Å². The number of nitrogens with zero attached hydrogens (tertiary/aromatic N) is 1. The number of carbonyl (C=O) groups is 2. The Bertz CT molecular complexity index is 769. The van der Waals surface area contributed by atoms with Crippen LogP contribution in [0, 0.1) is 11.3 Å². The predicted octanol–water partition coefficient (Wildman–Crippen LogP) is 2.64. The van der Waals surface area contributed by atoms with Gasteiger partial charge in [0.25, 0.3) is 5.91 Å². The predicted molar refractivity (Wildman–Crippen MR) is 91.9 cm³/mol. The van der Waals surface area contributed by atoms with Crippen LogP contribution in [-0.2, 0) is 4.79 Å². The summed E-state index contributed by atoms with van der Waals surface area (Å²) in [5.41, 5.74) is 6.00. The highest BCUT2D eigenvalue weighted by molar-refractivity contribution is 9.10. The zero-order valence-corrected chi connectivity index (χ0v) is 14.5. The summed E-state index contributed by atoms with van der Waals surface area (Å²) in [5.74, 6) is -0.706. The van der Waals surface area contributed by atoms with E-state index in [9.17, 15) is 9.59 Å². The van der Waals surface area contributed by atoms with Crippen LogP contribution >= 0.6 is 27.3 Å². The smallest absolute Gasteiger partial charge is 0.266 e. The molecule has 2 amide bonds. The molecule has 0 spiro atoms. The highest BCUT2D eigenvalue weighted by Crippen LogP contribution is 2.22. The van der Waals surface area contributed by atoms with Gasteiger partial charge in [-0.2, -0.15) is 5.26 Å². The Morgan fingerprint density at radius 1 is 1.30 bits per heavy atom. The summed E-state index contributed by atoms with van der Waals surface area (Å²) in [6.07, 6.45) is 0. The van der Waals surface area contributed by atoms with E-state index in [2.05, 4.69) is 32.1 Å². The molecule has 0 aliphatic carbocycles. The molecule has 0 aliphatic rings. The van der Waals surface area contributed by atoms with Crippen molar-refractivity contribution in [3.63, 3.8) is 0 Å². The lowest BCUT2D eigenvalue weighted by molar-refractivity contribution is -0.117. The molecule has 2 rings (SSSR count). The molecule has 0 fully saturated rings. The van der Waals surface area contributed by atoms with Crippen molar-refractivity contribution in [2.75, 3.05) is 5.32 Å². The average Bonchev–Trinajstić information content (AvgIpc) is 2.99. The lowest BCUT2D eigenvalue weighted by Gasteiger charge is -2.14. The van der Waals surface area contributed by atoms with Crippen LogP contribution in [0.4, 0.5) is 5.00 Å². The number of halogens is 1. The molecule has 0 saturated carbocycles. The van der Waals surface area contributed by atoms with Gasteiger partial charge in [-0.15, -0.1) is 11.3 Å². The van der Waals surface area contributed by atoms with Crippen molar-refractivity contribution in [2.45, 2.75) is 13.0 Å². The molecule has 1 unspecified atom stereocenters. The molecule has 23 heavy (non-hydrogen) atoms. The van der Waals surface area contributed by atoms with Crippen LogP contribution in [0.1, 0.15) is 22.8 Å². The zero-order chi connectivity index (χ0) is 16.8. The molecule has 0 radical (unpaired) electrons. The van der Waals surface area contributed by atoms with Crippen LogP contribution in [0.2, 0.25) is 0 Å². The second kappa shape index (κ2) is 7.87. The van der Waals surface area contributed by atoms with Crippen molar-refractivity contribution in [3.8, 4) is 6.07 Å². The van der Waals surface area contributed by atoms with Crippen LogP contribution in [0.25, 0.3) is 0 Å². The van der Waals surface area contributed by atoms with E-state index in [1.807, 2.05) is 6.07 Å². The Kier molecular flexibility index (Phi) is 5.87. The van der Waals surface area contributed by atoms with Gasteiger partial charge in [0.2, 0.25) is 5.91 Å². The van der Waals surface area contributed by atoms with E-state index in [4.69, 9.17) is 5.26 Å². The molecule has 2 aromatic rings. The van der Waals surface area contributed by atoms with Crippen LogP contribution in [0.5, 0.6) is 0 Å². The maximum atomic E-state index is 12.1. The minimum atomic E-state index is -0.671. The number of anilines is 1. The molecular weight excluding hydrogens is 380 g/mol. The summed E-state index contributed by atoms with van der Waals surface area (Å²) >= 11 is 4.56. The number of nitrogens with one attached hydrogen (secondary N) is 3. The fourth-order valence-electron chi connectivity index (χ4n) is 1.67. The van der Waals surface area contributed by atoms with Gasteiger partial charge in [0.05, 0.1) is 11.1 Å². The quantitative estimate of drug-likeness (QED) is 0.681. The van der Waals surface area contributed by atoms with Crippen molar-refractivity contribution < 1.29 is 9.59 Å². The summed E-state index contributed by atoms with van der Waals surface area (Å²) in [6.45, 7) is 1.61. The number of rotatable bonds is 5. The normalized spacial score (nSPS) is 11.3. The summed E-state index contributed by atoms with van der Waals surface area (Å²) in [5, 5.41) is 13.8. The molecule has 6 nitrogen and oxygen atoms in total. The summed E-state index contributed by atoms with van der Waals surface area (Å²) in [7, 11) is 0. The maximum absolute atomic E-state index is 12.1. The van der Waals surface area contributed by atoms with Gasteiger partial charge in [-0.3, -0.25) is 15.0 Å². The van der Waals surface area contributed by atoms with Crippen molar-refractivity contribution in [2.24, 2.45) is 0 Å². The number of hydrazine groups is 1. The first kappa shape index (κ1) is 17.1. The zero-order valence-electron chi connectivity index (χ0n) is 12.1. The lowest BCUT2D eigenvalue weighted by Crippen LogP contribution is -2.48. The molecule has 8 heteroatoms. The Morgan fingerprint density at radius 2 is 2.04 bits per heavy atom. The van der Waals surface area contributed by atoms with E-state index in [1.54, 1.807) is 42.6 Å². The van der Waals surface area contributed by atoms with Crippen LogP contribution in [0.3, 0.4) is 0 Å². The molecule has 0 bridgehead atoms. The summed E-state index contributed by atoms with van der Waals surface area (Å²) < 4.78 is 0.661. The van der Waals surface area contributed by atoms with Crippen molar-refractivity contribution in [3.05, 3.63) is 51.3 Å². The highest BCUT2D eigenvalue weighted by Gasteiger charge is 2.17. The minimum Gasteiger partial charge on any atom is -0.315 e. The van der Waals surface area contributed by atoms with Gasteiger partial charge >= 0.3 is 0 Å². The molecule has 1 aromatic heterocycles. The van der Waals surface area contributed by atoms with E-state index in [0.29, 0.717) is 20.6 Å². The van der Waals surface area contributed by atoms with E-state index < -0.39 is 6.04 Å². The molecule has 3 N–H and O–H groups in total. The van der Waals surface area contributed by atoms with Gasteiger partial charge < -0.3 is 5.32 Å². The number of hydrogen-bond acceptors (Lipinski definition) is 5. The van der Waals surface area contributed by atoms with Crippen molar-refractivity contribution >= 4 is 44.1 Å². The van der Waals surface area contributed by atoms with Crippen molar-refractivity contribution in [1.82, 2.24) is 10.9 Å². The fraction of sp³-hybridized carbons (Fsp3) is 0.133. The fourth-order valence-corrected chi connectivity index (χ4v) is 2.87. The average molecular weight is 393 g/mol. The largest absolute Gasteiger partial charge is 0.315 e. The molecule has 1 heterocycles. The van der Waals surface area contributed by atoms with Gasteiger partial charge in [0, 0.05) is 4.47 Å². The number of hydrogen-bond donors (Lipinski definition) is 3. The monoisotopic (exact) mass is 392 g/mol. The third kappa shape index (κ3) is 4.39. The second-order valence-electron chi connectivity index (χ2n) is 4.56. The number of thiophene rings is 1. The first-order valence-electron chi connectivity index (χ1n) is 6.61. The van der Waals surface area contributed by atoms with Crippen LogP contribution in [0.15, 0.2) is 40.2 Å². The van der Waals surface area contributed by atoms with Crippen molar-refractivity contribution in [1.29, 1.82) is 5.26 Å². The lowest BCUT2D eigenvalue weighted by atomic mass is 10.2. The molecule has 1 atom stereocenters. The minimum absolute atomic E-state index is 0.351. The van der Waals surface area contributed by atoms with E-state index in [0.717, 1.165) is 0 Å². The third-order valence-corrected chi connectivity index (χ3v) is 4.46. The summed E-state index contributed by atoms with van der Waals surface area (Å²) in [4.78, 5) is 24.1. The van der Waals surface area contributed by atoms with Gasteiger partial charge in [0.15, 0.2) is 0 Å². The highest BCUT2D eigenvalue weighted by atomic mass is 79.9. The Labute approximate surface area is 145 Å². The molecular formula is C15H13BrN4O2S. The standard InChI is InChI=1S/C15H13BrN4O2S/c1-9(13(21)18-15-10(8-17)6-7-23-15)19-20-14(22)11-4-2-3-5-12(11)16/h2-7,9,19H,1H3,(H,18,21)(H,20,22). The van der Waals surface area contributed by atoms with Crippen LogP contribution < -0.4 is 16.2 Å². The molecule has 0 saturated heterocycles. The number of nitriles is 1. The van der Waals surface area contributed by atoms with Gasteiger partial charge in [0.1, 0.15) is 17.1 Å². The van der Waals surface area contributed by atoms with Gasteiger partial charge in [-0.1, -0.05) is 12.1 Å². The molecule has 118 valence electrons. The second-order valence-corrected chi connectivity index (χ2v) is 6.33.